The smallest absolute Gasteiger partial charge is 0.0642 e. The van der Waals surface area contributed by atoms with Crippen molar-refractivity contribution in [2.45, 2.75) is 26.3 Å². The number of nitrogens with zero attached hydrogens (tertiary/aromatic N) is 2. The number of hydrogen-bond donors (Lipinski definition) is 1. The highest BCUT2D eigenvalue weighted by Crippen LogP contribution is 2.29. The molecule has 1 aromatic carbocycles. The fourth-order valence-electron chi connectivity index (χ4n) is 2.24. The molecule has 0 amide bonds. The van der Waals surface area contributed by atoms with Crippen molar-refractivity contribution in [3.63, 3.8) is 0 Å². The maximum atomic E-state index is 6.47. The molecule has 3 nitrogen and oxygen atoms in total. The summed E-state index contributed by atoms with van der Waals surface area (Å²) >= 11 is 6.47. The van der Waals surface area contributed by atoms with Crippen LogP contribution in [0.5, 0.6) is 0 Å². The first-order valence-electron chi connectivity index (χ1n) is 7.36. The highest BCUT2D eigenvalue weighted by Gasteiger charge is 2.11. The molecule has 20 heavy (non-hydrogen) atoms. The van der Waals surface area contributed by atoms with E-state index in [2.05, 4.69) is 61.3 Å². The number of rotatable bonds is 8. The van der Waals surface area contributed by atoms with Crippen molar-refractivity contribution in [1.29, 1.82) is 0 Å². The third kappa shape index (κ3) is 4.97. The van der Waals surface area contributed by atoms with Crippen molar-refractivity contribution >= 4 is 17.3 Å². The average molecular weight is 298 g/mol. The second kappa shape index (κ2) is 8.50. The van der Waals surface area contributed by atoms with Crippen LogP contribution in [-0.4, -0.2) is 45.7 Å². The van der Waals surface area contributed by atoms with Gasteiger partial charge in [-0.3, -0.25) is 0 Å². The van der Waals surface area contributed by atoms with Crippen LogP contribution in [0.4, 0.5) is 5.69 Å². The van der Waals surface area contributed by atoms with E-state index in [1.54, 1.807) is 0 Å². The van der Waals surface area contributed by atoms with Gasteiger partial charge in [0, 0.05) is 19.1 Å². The van der Waals surface area contributed by atoms with Gasteiger partial charge in [0.05, 0.1) is 10.7 Å². The normalized spacial score (nSPS) is 12.8. The van der Waals surface area contributed by atoms with E-state index >= 15 is 0 Å². The highest BCUT2D eigenvalue weighted by molar-refractivity contribution is 6.33. The molecular formula is C16H28ClN3. The predicted molar refractivity (Wildman–Crippen MR) is 90.0 cm³/mol. The summed E-state index contributed by atoms with van der Waals surface area (Å²) in [5.41, 5.74) is 2.37. The van der Waals surface area contributed by atoms with Gasteiger partial charge >= 0.3 is 0 Å². The van der Waals surface area contributed by atoms with Gasteiger partial charge in [-0.25, -0.2) is 0 Å². The fourth-order valence-corrected chi connectivity index (χ4v) is 2.55. The third-order valence-electron chi connectivity index (χ3n) is 3.66. The van der Waals surface area contributed by atoms with Crippen molar-refractivity contribution in [3.8, 4) is 0 Å². The Morgan fingerprint density at radius 1 is 1.25 bits per heavy atom. The van der Waals surface area contributed by atoms with Crippen molar-refractivity contribution < 1.29 is 0 Å². The van der Waals surface area contributed by atoms with Gasteiger partial charge in [0.25, 0.3) is 0 Å². The molecule has 0 aliphatic rings. The van der Waals surface area contributed by atoms with Crippen molar-refractivity contribution in [3.05, 3.63) is 28.8 Å². The first-order chi connectivity index (χ1) is 9.49. The molecule has 0 aromatic heterocycles. The molecule has 1 N–H and O–H groups in total. The van der Waals surface area contributed by atoms with E-state index in [9.17, 15) is 0 Å². The molecule has 0 aliphatic heterocycles. The number of hydrogen-bond acceptors (Lipinski definition) is 3. The van der Waals surface area contributed by atoms with Crippen LogP contribution in [-0.2, 0) is 0 Å². The van der Waals surface area contributed by atoms with E-state index in [-0.39, 0.29) is 0 Å². The van der Waals surface area contributed by atoms with Crippen LogP contribution in [0.3, 0.4) is 0 Å². The third-order valence-corrected chi connectivity index (χ3v) is 3.96. The molecule has 4 heteroatoms. The topological polar surface area (TPSA) is 18.5 Å². The SMILES string of the molecule is CCN(CCCN(C)C)c1ccc(C(C)NC)cc1Cl. The van der Waals surface area contributed by atoms with E-state index < -0.39 is 0 Å². The van der Waals surface area contributed by atoms with Crippen LogP contribution in [0.1, 0.15) is 31.9 Å². The molecule has 0 radical (unpaired) electrons. The molecule has 1 unspecified atom stereocenters. The minimum absolute atomic E-state index is 0.324. The zero-order chi connectivity index (χ0) is 15.1. The molecule has 0 bridgehead atoms. The quantitative estimate of drug-likeness (QED) is 0.793. The van der Waals surface area contributed by atoms with Gasteiger partial charge in [-0.15, -0.1) is 0 Å². The summed E-state index contributed by atoms with van der Waals surface area (Å²) in [6.45, 7) is 7.43. The van der Waals surface area contributed by atoms with Crippen LogP contribution in [0, 0.1) is 0 Å². The Hall–Kier alpha value is -0.770. The molecule has 0 spiro atoms. The summed E-state index contributed by atoms with van der Waals surface area (Å²) in [6.07, 6.45) is 1.14. The number of benzene rings is 1. The molecule has 0 saturated carbocycles. The lowest BCUT2D eigenvalue weighted by Gasteiger charge is -2.25. The van der Waals surface area contributed by atoms with Gasteiger partial charge in [0.15, 0.2) is 0 Å². The number of nitrogens with one attached hydrogen (secondary N) is 1. The molecular weight excluding hydrogens is 270 g/mol. The summed E-state index contributed by atoms with van der Waals surface area (Å²) in [4.78, 5) is 4.56. The van der Waals surface area contributed by atoms with E-state index in [4.69, 9.17) is 11.6 Å². The zero-order valence-corrected chi connectivity index (χ0v) is 14.2. The molecule has 0 fully saturated rings. The summed E-state index contributed by atoms with van der Waals surface area (Å²) in [5, 5.41) is 4.08. The molecule has 114 valence electrons. The van der Waals surface area contributed by atoms with Gasteiger partial charge in [0.1, 0.15) is 0 Å². The summed E-state index contributed by atoms with van der Waals surface area (Å²) in [7, 11) is 6.18. The second-order valence-electron chi connectivity index (χ2n) is 5.46. The first-order valence-corrected chi connectivity index (χ1v) is 7.73. The van der Waals surface area contributed by atoms with Gasteiger partial charge in [-0.2, -0.15) is 0 Å². The Morgan fingerprint density at radius 3 is 2.45 bits per heavy atom. The highest BCUT2D eigenvalue weighted by atomic mass is 35.5. The Kier molecular flexibility index (Phi) is 7.35. The monoisotopic (exact) mass is 297 g/mol. The number of anilines is 1. The van der Waals surface area contributed by atoms with E-state index in [1.807, 2.05) is 7.05 Å². The van der Waals surface area contributed by atoms with E-state index in [0.29, 0.717) is 6.04 Å². The zero-order valence-electron chi connectivity index (χ0n) is 13.4. The van der Waals surface area contributed by atoms with E-state index in [1.165, 1.54) is 5.56 Å². The molecule has 0 heterocycles. The molecule has 1 atom stereocenters. The molecule has 0 aliphatic carbocycles. The second-order valence-corrected chi connectivity index (χ2v) is 5.86. The van der Waals surface area contributed by atoms with Crippen LogP contribution >= 0.6 is 11.6 Å². The van der Waals surface area contributed by atoms with Crippen molar-refractivity contribution in [1.82, 2.24) is 10.2 Å². The molecule has 1 rings (SSSR count). The van der Waals surface area contributed by atoms with Crippen LogP contribution in [0.25, 0.3) is 0 Å². The van der Waals surface area contributed by atoms with Crippen LogP contribution < -0.4 is 10.2 Å². The predicted octanol–water partition coefficient (Wildman–Crippen LogP) is 3.40. The Morgan fingerprint density at radius 2 is 1.95 bits per heavy atom. The Bertz CT molecular complexity index is 407. The maximum absolute atomic E-state index is 6.47. The summed E-state index contributed by atoms with van der Waals surface area (Å²) in [6, 6.07) is 6.71. The largest absolute Gasteiger partial charge is 0.371 e. The molecule has 0 saturated heterocycles. The van der Waals surface area contributed by atoms with Crippen molar-refractivity contribution in [2.24, 2.45) is 0 Å². The first kappa shape index (κ1) is 17.3. The summed E-state index contributed by atoms with van der Waals surface area (Å²) < 4.78 is 0. The fraction of sp³-hybridized carbons (Fsp3) is 0.625. The van der Waals surface area contributed by atoms with Crippen molar-refractivity contribution in [2.75, 3.05) is 45.7 Å². The lowest BCUT2D eigenvalue weighted by molar-refractivity contribution is 0.400. The lowest BCUT2D eigenvalue weighted by atomic mass is 10.1. The number of halogens is 1. The Labute approximate surface area is 128 Å². The van der Waals surface area contributed by atoms with Crippen LogP contribution in [0.2, 0.25) is 5.02 Å². The summed E-state index contributed by atoms with van der Waals surface area (Å²) in [5.74, 6) is 0. The Balaban J connectivity index is 2.77. The van der Waals surface area contributed by atoms with E-state index in [0.717, 1.165) is 36.8 Å². The minimum atomic E-state index is 0.324. The van der Waals surface area contributed by atoms with Gasteiger partial charge in [-0.05, 0) is 65.7 Å². The van der Waals surface area contributed by atoms with Gasteiger partial charge in [-0.1, -0.05) is 17.7 Å². The lowest BCUT2D eigenvalue weighted by Crippen LogP contribution is -2.27. The van der Waals surface area contributed by atoms with Crippen LogP contribution in [0.15, 0.2) is 18.2 Å². The van der Waals surface area contributed by atoms with Gasteiger partial charge < -0.3 is 15.1 Å². The minimum Gasteiger partial charge on any atom is -0.371 e. The average Bonchev–Trinajstić information content (AvgIpc) is 2.43. The maximum Gasteiger partial charge on any atom is 0.0642 e. The van der Waals surface area contributed by atoms with Gasteiger partial charge in [0.2, 0.25) is 0 Å². The molecule has 1 aromatic rings. The standard InChI is InChI=1S/C16H28ClN3/c1-6-20(11-7-10-19(4)5)16-9-8-14(12-15(16)17)13(2)18-3/h8-9,12-13,18H,6-7,10-11H2,1-5H3.